The Morgan fingerprint density at radius 1 is 1.50 bits per heavy atom. The molecule has 0 aromatic carbocycles. The molecule has 70 valence electrons. The first kappa shape index (κ1) is 11.4. The predicted molar refractivity (Wildman–Crippen MR) is 54.2 cm³/mol. The molecule has 0 aliphatic heterocycles. The maximum atomic E-state index is 4.92. The van der Waals surface area contributed by atoms with E-state index < -0.39 is 0 Å². The van der Waals surface area contributed by atoms with Gasteiger partial charge in [-0.2, -0.15) is 0 Å². The van der Waals surface area contributed by atoms with Gasteiger partial charge in [0, 0.05) is 7.11 Å². The van der Waals surface area contributed by atoms with Gasteiger partial charge >= 0.3 is 0 Å². The molecule has 2 atom stereocenters. The van der Waals surface area contributed by atoms with Crippen molar-refractivity contribution in [1.29, 1.82) is 0 Å². The predicted octanol–water partition coefficient (Wildman–Crippen LogP) is 3.04. The zero-order chi connectivity index (χ0) is 9.56. The van der Waals surface area contributed by atoms with Crippen LogP contribution in [-0.2, 0) is 4.74 Å². The van der Waals surface area contributed by atoms with E-state index in [2.05, 4.69) is 39.5 Å². The first-order valence-corrected chi connectivity index (χ1v) is 4.40. The normalized spacial score (nSPS) is 16.3. The van der Waals surface area contributed by atoms with Crippen LogP contribution in [0.25, 0.3) is 0 Å². The van der Waals surface area contributed by atoms with Gasteiger partial charge in [-0.25, -0.2) is 0 Å². The summed E-state index contributed by atoms with van der Waals surface area (Å²) >= 11 is 0. The van der Waals surface area contributed by atoms with Gasteiger partial charge in [-0.05, 0) is 18.8 Å². The Hall–Kier alpha value is -0.560. The highest BCUT2D eigenvalue weighted by molar-refractivity contribution is 5.01. The van der Waals surface area contributed by atoms with Crippen LogP contribution in [0, 0.1) is 11.8 Å². The lowest BCUT2D eigenvalue weighted by atomic mass is 9.90. The Bertz CT molecular complexity index is 158. The molecule has 0 N–H and O–H groups in total. The van der Waals surface area contributed by atoms with Gasteiger partial charge in [-0.15, -0.1) is 0 Å². The van der Waals surface area contributed by atoms with Crippen LogP contribution in [0.15, 0.2) is 24.3 Å². The summed E-state index contributed by atoms with van der Waals surface area (Å²) in [5, 5.41) is 0. The summed E-state index contributed by atoms with van der Waals surface area (Å²) < 4.78 is 4.92. The summed E-state index contributed by atoms with van der Waals surface area (Å²) in [5.41, 5.74) is 1.24. The standard InChI is InChI=1S/C11H20O/c1-9(2)11(4)10(3)7-6-8-12-5/h6-7,10-11H,1,8H2,2-5H3/b7-6+. The monoisotopic (exact) mass is 168 g/mol. The van der Waals surface area contributed by atoms with Gasteiger partial charge in [0.25, 0.3) is 0 Å². The highest BCUT2D eigenvalue weighted by Crippen LogP contribution is 2.19. The minimum absolute atomic E-state index is 0.553. The molecule has 2 unspecified atom stereocenters. The van der Waals surface area contributed by atoms with E-state index in [4.69, 9.17) is 4.74 Å². The molecule has 0 amide bonds. The van der Waals surface area contributed by atoms with Crippen LogP contribution in [0.4, 0.5) is 0 Å². The first-order chi connectivity index (χ1) is 5.59. The van der Waals surface area contributed by atoms with Crippen LogP contribution < -0.4 is 0 Å². The van der Waals surface area contributed by atoms with E-state index in [-0.39, 0.29) is 0 Å². The van der Waals surface area contributed by atoms with Crippen LogP contribution in [-0.4, -0.2) is 13.7 Å². The third-order valence-electron chi connectivity index (χ3n) is 2.27. The number of methoxy groups -OCH3 is 1. The van der Waals surface area contributed by atoms with Crippen LogP contribution in [0.1, 0.15) is 20.8 Å². The molecule has 1 heteroatoms. The summed E-state index contributed by atoms with van der Waals surface area (Å²) in [6, 6.07) is 0. The second kappa shape index (κ2) is 6.01. The topological polar surface area (TPSA) is 9.23 Å². The Morgan fingerprint density at radius 3 is 2.50 bits per heavy atom. The molecule has 0 aromatic rings. The quantitative estimate of drug-likeness (QED) is 0.573. The highest BCUT2D eigenvalue weighted by atomic mass is 16.5. The lowest BCUT2D eigenvalue weighted by molar-refractivity contribution is 0.233. The molecule has 0 saturated heterocycles. The van der Waals surface area contributed by atoms with Crippen LogP contribution >= 0.6 is 0 Å². The molecule has 0 bridgehead atoms. The fraction of sp³-hybridized carbons (Fsp3) is 0.636. The van der Waals surface area contributed by atoms with E-state index in [0.717, 1.165) is 0 Å². The van der Waals surface area contributed by atoms with Crippen molar-refractivity contribution >= 4 is 0 Å². The molecule has 0 radical (unpaired) electrons. The molecule has 0 spiro atoms. The van der Waals surface area contributed by atoms with Gasteiger partial charge in [-0.1, -0.05) is 38.2 Å². The molecular formula is C11H20O. The van der Waals surface area contributed by atoms with Gasteiger partial charge in [0.1, 0.15) is 0 Å². The number of hydrogen-bond acceptors (Lipinski definition) is 1. The minimum Gasteiger partial charge on any atom is -0.381 e. The molecule has 1 nitrogen and oxygen atoms in total. The van der Waals surface area contributed by atoms with Gasteiger partial charge in [0.2, 0.25) is 0 Å². The average molecular weight is 168 g/mol. The van der Waals surface area contributed by atoms with Crippen molar-refractivity contribution in [3.05, 3.63) is 24.3 Å². The molecule has 12 heavy (non-hydrogen) atoms. The van der Waals surface area contributed by atoms with Gasteiger partial charge in [0.05, 0.1) is 6.61 Å². The Balaban J connectivity index is 3.85. The molecule has 0 aliphatic carbocycles. The Labute approximate surface area is 76.1 Å². The lowest BCUT2D eigenvalue weighted by Gasteiger charge is -2.15. The number of ether oxygens (including phenoxy) is 1. The average Bonchev–Trinajstić information content (AvgIpc) is 2.03. The third-order valence-corrected chi connectivity index (χ3v) is 2.27. The summed E-state index contributed by atoms with van der Waals surface area (Å²) in [6.07, 6.45) is 4.24. The van der Waals surface area contributed by atoms with E-state index in [9.17, 15) is 0 Å². The lowest BCUT2D eigenvalue weighted by Crippen LogP contribution is -2.05. The van der Waals surface area contributed by atoms with E-state index in [1.54, 1.807) is 7.11 Å². The van der Waals surface area contributed by atoms with Gasteiger partial charge < -0.3 is 4.74 Å². The van der Waals surface area contributed by atoms with E-state index in [1.807, 2.05) is 0 Å². The maximum Gasteiger partial charge on any atom is 0.0643 e. The molecule has 0 saturated carbocycles. The van der Waals surface area contributed by atoms with Crippen molar-refractivity contribution in [2.24, 2.45) is 11.8 Å². The first-order valence-electron chi connectivity index (χ1n) is 4.40. The second-order valence-electron chi connectivity index (χ2n) is 3.38. The minimum atomic E-state index is 0.553. The number of rotatable bonds is 5. The number of hydrogen-bond donors (Lipinski definition) is 0. The molecular weight excluding hydrogens is 148 g/mol. The second-order valence-corrected chi connectivity index (χ2v) is 3.38. The number of allylic oxidation sites excluding steroid dienone is 2. The van der Waals surface area contributed by atoms with Crippen molar-refractivity contribution in [3.63, 3.8) is 0 Å². The SMILES string of the molecule is C=C(C)C(C)C(C)/C=C/COC. The van der Waals surface area contributed by atoms with Crippen molar-refractivity contribution in [3.8, 4) is 0 Å². The van der Waals surface area contributed by atoms with Crippen LogP contribution in [0.3, 0.4) is 0 Å². The summed E-state index contributed by atoms with van der Waals surface area (Å²) in [4.78, 5) is 0. The smallest absolute Gasteiger partial charge is 0.0643 e. The van der Waals surface area contributed by atoms with E-state index in [0.29, 0.717) is 18.4 Å². The van der Waals surface area contributed by atoms with Crippen molar-refractivity contribution < 1.29 is 4.74 Å². The molecule has 0 rings (SSSR count). The molecule has 0 heterocycles. The molecule has 0 fully saturated rings. The fourth-order valence-electron chi connectivity index (χ4n) is 0.982. The maximum absolute atomic E-state index is 4.92. The molecule has 0 aliphatic rings. The highest BCUT2D eigenvalue weighted by Gasteiger charge is 2.08. The zero-order valence-corrected chi connectivity index (χ0v) is 8.63. The van der Waals surface area contributed by atoms with Crippen molar-refractivity contribution in [2.75, 3.05) is 13.7 Å². The summed E-state index contributed by atoms with van der Waals surface area (Å²) in [5.74, 6) is 1.11. The van der Waals surface area contributed by atoms with Crippen LogP contribution in [0.2, 0.25) is 0 Å². The third kappa shape index (κ3) is 4.35. The Morgan fingerprint density at radius 2 is 2.08 bits per heavy atom. The molecule has 0 aromatic heterocycles. The van der Waals surface area contributed by atoms with Crippen molar-refractivity contribution in [2.45, 2.75) is 20.8 Å². The Kier molecular flexibility index (Phi) is 5.73. The van der Waals surface area contributed by atoms with Gasteiger partial charge in [0.15, 0.2) is 0 Å². The van der Waals surface area contributed by atoms with E-state index in [1.165, 1.54) is 5.57 Å². The zero-order valence-electron chi connectivity index (χ0n) is 8.63. The van der Waals surface area contributed by atoms with Crippen LogP contribution in [0.5, 0.6) is 0 Å². The van der Waals surface area contributed by atoms with Crippen molar-refractivity contribution in [1.82, 2.24) is 0 Å². The summed E-state index contributed by atoms with van der Waals surface area (Å²) in [7, 11) is 1.71. The largest absolute Gasteiger partial charge is 0.381 e. The van der Waals surface area contributed by atoms with E-state index >= 15 is 0 Å². The fourth-order valence-corrected chi connectivity index (χ4v) is 0.982. The van der Waals surface area contributed by atoms with Gasteiger partial charge in [-0.3, -0.25) is 0 Å². The summed E-state index contributed by atoms with van der Waals surface area (Å²) in [6.45, 7) is 11.1.